The minimum Gasteiger partial charge on any atom is -0.298 e. The predicted molar refractivity (Wildman–Crippen MR) is 215 cm³/mol. The average molecular weight is 709 g/mol. The van der Waals surface area contributed by atoms with E-state index in [1.165, 1.54) is 43.7 Å². The SMILES string of the molecule is CC(C)(C)C1=CC2C=CC1C2.CC(C)(C)C1CC2C=CC1C2.CC(C)(C)N1C(=O)C2C3C=CC(C3)C2C1=O.CC(C)(C)N1CC2C3C=CC(C3)C2C1. The fourth-order valence-corrected chi connectivity index (χ4v) is 12.3. The molecule has 2 aliphatic heterocycles. The summed E-state index contributed by atoms with van der Waals surface area (Å²) in [5.74, 6) is 8.83. The Morgan fingerprint density at radius 3 is 1.40 bits per heavy atom. The number of imide groups is 1. The van der Waals surface area contributed by atoms with Gasteiger partial charge in [-0.15, -0.1) is 0 Å². The number of fused-ring (bicyclic) bond motifs is 14. The number of nitrogens with zero attached hydrogens (tertiary/aromatic N) is 2. The highest BCUT2D eigenvalue weighted by Crippen LogP contribution is 2.55. The van der Waals surface area contributed by atoms with Crippen molar-refractivity contribution in [3.63, 3.8) is 0 Å². The van der Waals surface area contributed by atoms with Crippen LogP contribution >= 0.6 is 0 Å². The van der Waals surface area contributed by atoms with E-state index in [-0.39, 0.29) is 29.2 Å². The van der Waals surface area contributed by atoms with Crippen LogP contribution in [-0.4, -0.2) is 45.8 Å². The van der Waals surface area contributed by atoms with Crippen LogP contribution < -0.4 is 0 Å². The summed E-state index contributed by atoms with van der Waals surface area (Å²) in [6, 6.07) is 0. The second-order valence-electron chi connectivity index (χ2n) is 22.6. The van der Waals surface area contributed by atoms with Crippen LogP contribution in [0.1, 0.15) is 115 Å². The molecule has 286 valence electrons. The largest absolute Gasteiger partial charge is 0.298 e. The van der Waals surface area contributed by atoms with Gasteiger partial charge in [-0.25, -0.2) is 0 Å². The number of hydrogen-bond acceptors (Lipinski definition) is 3. The molecule has 0 aromatic carbocycles. The second kappa shape index (κ2) is 13.2. The van der Waals surface area contributed by atoms with Gasteiger partial charge in [0.1, 0.15) is 0 Å². The number of amides is 2. The van der Waals surface area contributed by atoms with Gasteiger partial charge in [0.05, 0.1) is 11.8 Å². The Morgan fingerprint density at radius 2 is 1.06 bits per heavy atom. The Kier molecular flexibility index (Phi) is 9.69. The summed E-state index contributed by atoms with van der Waals surface area (Å²) in [5.41, 5.74) is 2.58. The molecule has 2 amide bonds. The fraction of sp³-hybridized carbons (Fsp3) is 0.750. The molecule has 13 atom stereocenters. The Bertz CT molecular complexity index is 1500. The summed E-state index contributed by atoms with van der Waals surface area (Å²) in [6.45, 7) is 29.6. The first kappa shape index (κ1) is 38.1. The molecule has 10 rings (SSSR count). The first-order valence-corrected chi connectivity index (χ1v) is 21.2. The van der Waals surface area contributed by atoms with Gasteiger partial charge in [0, 0.05) is 24.2 Å². The van der Waals surface area contributed by atoms with Gasteiger partial charge in [0.25, 0.3) is 0 Å². The van der Waals surface area contributed by atoms with Crippen molar-refractivity contribution < 1.29 is 9.59 Å². The summed E-state index contributed by atoms with van der Waals surface area (Å²) in [4.78, 5) is 28.8. The molecule has 0 aromatic rings. The number of allylic oxidation sites excluding steroid dienone is 10. The van der Waals surface area contributed by atoms with Crippen molar-refractivity contribution >= 4 is 11.8 Å². The summed E-state index contributed by atoms with van der Waals surface area (Å²) in [6.07, 6.45) is 28.0. The number of hydrogen-bond donors (Lipinski definition) is 0. The van der Waals surface area contributed by atoms with Crippen molar-refractivity contribution in [1.29, 1.82) is 0 Å². The highest BCUT2D eigenvalue weighted by atomic mass is 16.2. The van der Waals surface area contributed by atoms with Gasteiger partial charge in [-0.1, -0.05) is 102 Å². The molecular weight excluding hydrogens is 637 g/mol. The molecular formula is C48H72N2O2. The van der Waals surface area contributed by atoms with Gasteiger partial charge in [-0.3, -0.25) is 19.4 Å². The quantitative estimate of drug-likeness (QED) is 0.186. The van der Waals surface area contributed by atoms with Crippen LogP contribution in [0.4, 0.5) is 0 Å². The van der Waals surface area contributed by atoms with E-state index in [1.54, 1.807) is 5.57 Å². The third-order valence-electron chi connectivity index (χ3n) is 14.9. The van der Waals surface area contributed by atoms with Crippen molar-refractivity contribution in [2.24, 2.45) is 87.8 Å². The monoisotopic (exact) mass is 709 g/mol. The minimum absolute atomic E-state index is 0.0540. The number of rotatable bonds is 0. The third-order valence-corrected chi connectivity index (χ3v) is 14.9. The first-order chi connectivity index (χ1) is 24.1. The van der Waals surface area contributed by atoms with Crippen molar-refractivity contribution in [1.82, 2.24) is 9.80 Å². The molecule has 4 heteroatoms. The Morgan fingerprint density at radius 1 is 0.538 bits per heavy atom. The van der Waals surface area contributed by atoms with Gasteiger partial charge in [0.2, 0.25) is 11.8 Å². The van der Waals surface area contributed by atoms with Crippen LogP contribution in [0.5, 0.6) is 0 Å². The Balaban J connectivity index is 0.000000109. The molecule has 2 saturated heterocycles. The standard InChI is InChI=1S/C13H17NO2.C13H21N.C11H18.C11H16/c1-13(2,3)14-11(15)9-7-4-5-8(6-7)10(9)12(14)16;1-13(2,3)14-7-11-9-4-5-10(6-9)12(11)8-14;2*1-11(2,3)10-7-8-4-5-9(10)6-8/h4-5,7-10H,6H2,1-3H3;4-5,9-12H,6-8H2,1-3H3;4-5,8-10H,6-7H2,1-3H3;4-5,7-9H,6H2,1-3H3. The molecule has 52 heavy (non-hydrogen) atoms. The molecule has 8 aliphatic carbocycles. The van der Waals surface area contributed by atoms with E-state index in [4.69, 9.17) is 0 Å². The van der Waals surface area contributed by atoms with Crippen LogP contribution in [0, 0.1) is 87.8 Å². The average Bonchev–Trinajstić information content (AvgIpc) is 3.90. The van der Waals surface area contributed by atoms with E-state index < -0.39 is 0 Å². The highest BCUT2D eigenvalue weighted by Gasteiger charge is 2.61. The molecule has 8 bridgehead atoms. The van der Waals surface area contributed by atoms with E-state index in [0.29, 0.717) is 28.2 Å². The van der Waals surface area contributed by atoms with Crippen LogP contribution in [0.3, 0.4) is 0 Å². The Labute approximate surface area is 317 Å². The lowest BCUT2D eigenvalue weighted by Crippen LogP contribution is -2.46. The Hall–Kier alpha value is -2.20. The maximum absolute atomic E-state index is 12.3. The maximum atomic E-state index is 12.3. The lowest BCUT2D eigenvalue weighted by atomic mass is 9.73. The van der Waals surface area contributed by atoms with Gasteiger partial charge in [-0.05, 0) is 150 Å². The first-order valence-electron chi connectivity index (χ1n) is 21.2. The van der Waals surface area contributed by atoms with Gasteiger partial charge in [0.15, 0.2) is 0 Å². The topological polar surface area (TPSA) is 40.6 Å². The fourth-order valence-electron chi connectivity index (χ4n) is 12.3. The second-order valence-corrected chi connectivity index (χ2v) is 22.6. The van der Waals surface area contributed by atoms with Gasteiger partial charge >= 0.3 is 0 Å². The lowest BCUT2D eigenvalue weighted by molar-refractivity contribution is -0.146. The predicted octanol–water partition coefficient (Wildman–Crippen LogP) is 10.5. The smallest absolute Gasteiger partial charge is 0.234 e. The zero-order valence-corrected chi connectivity index (χ0v) is 34.9. The zero-order valence-electron chi connectivity index (χ0n) is 34.9. The molecule has 4 nitrogen and oxygen atoms in total. The highest BCUT2D eigenvalue weighted by molar-refractivity contribution is 6.07. The number of carbonyl (C=O) groups excluding carboxylic acids is 2. The van der Waals surface area contributed by atoms with E-state index in [1.807, 2.05) is 20.8 Å². The number of likely N-dealkylation sites (tertiary alicyclic amines) is 2. The van der Waals surface area contributed by atoms with Crippen LogP contribution in [-0.2, 0) is 9.59 Å². The van der Waals surface area contributed by atoms with E-state index in [2.05, 4.69) is 122 Å². The normalized spacial score (nSPS) is 41.3. The summed E-state index contributed by atoms with van der Waals surface area (Å²) in [7, 11) is 0. The maximum Gasteiger partial charge on any atom is 0.234 e. The lowest BCUT2D eigenvalue weighted by Gasteiger charge is -2.32. The summed E-state index contributed by atoms with van der Waals surface area (Å²) < 4.78 is 0. The molecule has 2 heterocycles. The van der Waals surface area contributed by atoms with Gasteiger partial charge < -0.3 is 0 Å². The van der Waals surface area contributed by atoms with Crippen LogP contribution in [0.15, 0.2) is 60.3 Å². The number of carbonyl (C=O) groups is 2. The van der Waals surface area contributed by atoms with Crippen LogP contribution in [0.25, 0.3) is 0 Å². The molecule has 5 fully saturated rings. The van der Waals surface area contributed by atoms with Crippen molar-refractivity contribution in [3.8, 4) is 0 Å². The third kappa shape index (κ3) is 7.06. The summed E-state index contributed by atoms with van der Waals surface area (Å²) >= 11 is 0. The van der Waals surface area contributed by atoms with Gasteiger partial charge in [-0.2, -0.15) is 0 Å². The molecule has 3 saturated carbocycles. The molecule has 0 N–H and O–H groups in total. The molecule has 0 spiro atoms. The molecule has 10 aliphatic rings. The molecule has 0 aromatic heterocycles. The molecule has 0 radical (unpaired) electrons. The van der Waals surface area contributed by atoms with E-state index in [0.717, 1.165) is 59.7 Å². The van der Waals surface area contributed by atoms with Crippen molar-refractivity contribution in [2.45, 2.75) is 126 Å². The van der Waals surface area contributed by atoms with Crippen molar-refractivity contribution in [2.75, 3.05) is 13.1 Å². The summed E-state index contributed by atoms with van der Waals surface area (Å²) in [5, 5.41) is 0. The minimum atomic E-state index is -0.377. The van der Waals surface area contributed by atoms with E-state index >= 15 is 0 Å². The van der Waals surface area contributed by atoms with E-state index in [9.17, 15) is 9.59 Å². The molecule has 13 unspecified atom stereocenters. The zero-order chi connectivity index (χ0) is 37.7. The van der Waals surface area contributed by atoms with Crippen LogP contribution in [0.2, 0.25) is 0 Å². The van der Waals surface area contributed by atoms with Crippen molar-refractivity contribution in [3.05, 3.63) is 60.3 Å².